The van der Waals surface area contributed by atoms with Crippen molar-refractivity contribution < 1.29 is 14.4 Å². The molecule has 0 aromatic carbocycles. The molecule has 0 saturated heterocycles. The van der Waals surface area contributed by atoms with Crippen molar-refractivity contribution in [2.24, 2.45) is 0 Å². The number of hydrogen-bond donors (Lipinski definition) is 2. The minimum Gasteiger partial charge on any atom is -0.396 e. The van der Waals surface area contributed by atoms with Gasteiger partial charge in [-0.25, -0.2) is 4.79 Å². The molecule has 2 heterocycles. The lowest BCUT2D eigenvalue weighted by Crippen LogP contribution is -2.30. The van der Waals surface area contributed by atoms with Crippen LogP contribution in [0.3, 0.4) is 0 Å². The van der Waals surface area contributed by atoms with Gasteiger partial charge in [-0.1, -0.05) is 16.9 Å². The number of fused-ring (bicyclic) bond motifs is 1. The lowest BCUT2D eigenvalue weighted by molar-refractivity contribution is -0.113. The van der Waals surface area contributed by atoms with Crippen LogP contribution in [0.25, 0.3) is 0 Å². The number of carbonyl (C=O) groups excluding carboxylic acids is 1. The molecule has 1 amide bonds. The monoisotopic (exact) mass is 378 g/mol. The molecule has 0 unspecified atom stereocenters. The van der Waals surface area contributed by atoms with Crippen LogP contribution in [-0.4, -0.2) is 38.1 Å². The minimum atomic E-state index is -0.311. The maximum Gasteiger partial charge on any atom is 0.348 e. The van der Waals surface area contributed by atoms with Gasteiger partial charge in [0.2, 0.25) is 5.91 Å². The minimum absolute atomic E-state index is 0.0411. The van der Waals surface area contributed by atoms with E-state index in [-0.39, 0.29) is 24.0 Å². The highest BCUT2D eigenvalue weighted by Gasteiger charge is 2.21. The number of nitrogens with zero attached hydrogens (tertiary/aromatic N) is 3. The number of rotatable bonds is 7. The Bertz CT molecular complexity index is 846. The highest BCUT2D eigenvalue weighted by atomic mass is 32.2. The quantitative estimate of drug-likeness (QED) is 0.555. The van der Waals surface area contributed by atoms with Crippen molar-refractivity contribution in [2.75, 3.05) is 17.7 Å². The Morgan fingerprint density at radius 2 is 2.23 bits per heavy atom. The van der Waals surface area contributed by atoms with Crippen LogP contribution in [0.15, 0.2) is 20.4 Å². The molecule has 26 heavy (non-hydrogen) atoms. The first-order valence-corrected chi connectivity index (χ1v) is 9.66. The van der Waals surface area contributed by atoms with Crippen LogP contribution in [0.5, 0.6) is 0 Å². The van der Waals surface area contributed by atoms with Crippen LogP contribution in [0.2, 0.25) is 0 Å². The first-order chi connectivity index (χ1) is 12.6. The van der Waals surface area contributed by atoms with Gasteiger partial charge >= 0.3 is 5.69 Å². The Labute approximate surface area is 155 Å². The van der Waals surface area contributed by atoms with Crippen molar-refractivity contribution in [3.05, 3.63) is 33.6 Å². The van der Waals surface area contributed by atoms with Crippen LogP contribution in [0.4, 0.5) is 5.82 Å². The maximum absolute atomic E-state index is 12.4. The molecule has 0 aliphatic heterocycles. The van der Waals surface area contributed by atoms with Crippen LogP contribution in [0, 0.1) is 6.92 Å². The molecule has 0 radical (unpaired) electrons. The predicted octanol–water partition coefficient (Wildman–Crippen LogP) is 1.53. The number of nitrogens with one attached hydrogen (secondary N) is 1. The first kappa shape index (κ1) is 18.7. The van der Waals surface area contributed by atoms with Gasteiger partial charge in [0.1, 0.15) is 10.8 Å². The van der Waals surface area contributed by atoms with Gasteiger partial charge in [0.05, 0.1) is 5.75 Å². The molecule has 3 rings (SSSR count). The van der Waals surface area contributed by atoms with E-state index in [1.54, 1.807) is 17.6 Å². The number of aliphatic hydroxyl groups excluding tert-OH is 1. The summed E-state index contributed by atoms with van der Waals surface area (Å²) in [5.74, 6) is 0.919. The average Bonchev–Trinajstić information content (AvgIpc) is 3.04. The van der Waals surface area contributed by atoms with E-state index in [0.717, 1.165) is 36.9 Å². The van der Waals surface area contributed by atoms with Gasteiger partial charge in [-0.2, -0.15) is 4.98 Å². The lowest BCUT2D eigenvalue weighted by Gasteiger charge is -2.22. The Morgan fingerprint density at radius 1 is 1.42 bits per heavy atom. The summed E-state index contributed by atoms with van der Waals surface area (Å²) in [5, 5.41) is 16.1. The largest absolute Gasteiger partial charge is 0.396 e. The van der Waals surface area contributed by atoms with Crippen molar-refractivity contribution in [1.82, 2.24) is 14.7 Å². The van der Waals surface area contributed by atoms with E-state index in [2.05, 4.69) is 15.5 Å². The fourth-order valence-corrected chi connectivity index (χ4v) is 3.94. The summed E-state index contributed by atoms with van der Waals surface area (Å²) in [5.41, 5.74) is 1.75. The zero-order valence-electron chi connectivity index (χ0n) is 14.7. The Hall–Kier alpha value is -2.13. The predicted molar refractivity (Wildman–Crippen MR) is 97.4 cm³/mol. The van der Waals surface area contributed by atoms with Crippen LogP contribution >= 0.6 is 11.8 Å². The zero-order chi connectivity index (χ0) is 18.5. The van der Waals surface area contributed by atoms with Crippen LogP contribution < -0.4 is 11.0 Å². The molecule has 2 aromatic rings. The molecule has 2 aromatic heterocycles. The van der Waals surface area contributed by atoms with Gasteiger partial charge < -0.3 is 14.9 Å². The molecule has 2 N–H and O–H groups in total. The summed E-state index contributed by atoms with van der Waals surface area (Å²) in [6, 6.07) is 1.64. The van der Waals surface area contributed by atoms with E-state index >= 15 is 0 Å². The van der Waals surface area contributed by atoms with Crippen LogP contribution in [0.1, 0.15) is 36.3 Å². The van der Waals surface area contributed by atoms with Crippen molar-refractivity contribution in [3.8, 4) is 0 Å². The molecule has 0 spiro atoms. The standard InChI is InChI=1S/C17H22N4O4S/c1-11-9-14(20-25-11)18-15(23)10-26-16-12-5-2-3-6-13(12)21(7-4-8-22)17(24)19-16/h9,22H,2-8,10H2,1H3,(H,18,20,23). The third kappa shape index (κ3) is 4.34. The summed E-state index contributed by atoms with van der Waals surface area (Å²) >= 11 is 1.27. The first-order valence-electron chi connectivity index (χ1n) is 8.68. The van der Waals surface area contributed by atoms with E-state index < -0.39 is 0 Å². The highest BCUT2D eigenvalue weighted by Crippen LogP contribution is 2.28. The third-order valence-corrected chi connectivity index (χ3v) is 5.24. The average molecular weight is 378 g/mol. The van der Waals surface area contributed by atoms with E-state index in [9.17, 15) is 9.59 Å². The molecule has 0 bridgehead atoms. The van der Waals surface area contributed by atoms with Crippen molar-refractivity contribution >= 4 is 23.5 Å². The number of carbonyl (C=O) groups is 1. The molecular formula is C17H22N4O4S. The molecule has 140 valence electrons. The van der Waals surface area contributed by atoms with Gasteiger partial charge in [-0.3, -0.25) is 9.36 Å². The molecule has 8 nitrogen and oxygen atoms in total. The number of thioether (sulfide) groups is 1. The molecule has 0 atom stereocenters. The van der Waals surface area contributed by atoms with E-state index in [0.29, 0.717) is 29.6 Å². The SMILES string of the molecule is Cc1cc(NC(=O)CSc2nc(=O)n(CCCO)c3c2CCCC3)no1. The number of aryl methyl sites for hydroxylation is 1. The fourth-order valence-electron chi connectivity index (χ4n) is 3.06. The van der Waals surface area contributed by atoms with Crippen LogP contribution in [-0.2, 0) is 24.2 Å². The number of amides is 1. The van der Waals surface area contributed by atoms with Gasteiger partial charge in [-0.05, 0) is 39.0 Å². The third-order valence-electron chi connectivity index (χ3n) is 4.23. The van der Waals surface area contributed by atoms with E-state index in [1.807, 2.05) is 0 Å². The van der Waals surface area contributed by atoms with Gasteiger partial charge in [0.25, 0.3) is 0 Å². The molecule has 1 aliphatic carbocycles. The van der Waals surface area contributed by atoms with Gasteiger partial charge in [-0.15, -0.1) is 0 Å². The fraction of sp³-hybridized carbons (Fsp3) is 0.529. The summed E-state index contributed by atoms with van der Waals surface area (Å²) in [6.45, 7) is 2.26. The van der Waals surface area contributed by atoms with Crippen molar-refractivity contribution in [2.45, 2.75) is 50.6 Å². The van der Waals surface area contributed by atoms with Crippen molar-refractivity contribution in [1.29, 1.82) is 0 Å². The highest BCUT2D eigenvalue weighted by molar-refractivity contribution is 8.00. The second kappa shape index (κ2) is 8.50. The Kier molecular flexibility index (Phi) is 6.10. The second-order valence-electron chi connectivity index (χ2n) is 6.22. The molecular weight excluding hydrogens is 356 g/mol. The summed E-state index contributed by atoms with van der Waals surface area (Å²) in [7, 11) is 0. The number of aliphatic hydroxyl groups is 1. The topological polar surface area (TPSA) is 110 Å². The molecule has 9 heteroatoms. The summed E-state index contributed by atoms with van der Waals surface area (Å²) in [6.07, 6.45) is 4.29. The lowest BCUT2D eigenvalue weighted by atomic mass is 9.97. The summed E-state index contributed by atoms with van der Waals surface area (Å²) in [4.78, 5) is 28.7. The molecule has 0 saturated carbocycles. The smallest absolute Gasteiger partial charge is 0.348 e. The second-order valence-corrected chi connectivity index (χ2v) is 7.18. The molecule has 0 fully saturated rings. The van der Waals surface area contributed by atoms with Crippen molar-refractivity contribution in [3.63, 3.8) is 0 Å². The maximum atomic E-state index is 12.4. The Balaban J connectivity index is 1.74. The number of hydrogen-bond acceptors (Lipinski definition) is 7. The zero-order valence-corrected chi connectivity index (χ0v) is 15.5. The normalized spacial score (nSPS) is 13.5. The summed E-state index contributed by atoms with van der Waals surface area (Å²) < 4.78 is 6.59. The number of anilines is 1. The Morgan fingerprint density at radius 3 is 2.96 bits per heavy atom. The van der Waals surface area contributed by atoms with E-state index in [4.69, 9.17) is 9.63 Å². The van der Waals surface area contributed by atoms with Gasteiger partial charge in [0.15, 0.2) is 5.82 Å². The number of aromatic nitrogens is 3. The molecule has 1 aliphatic rings. The van der Waals surface area contributed by atoms with E-state index in [1.165, 1.54) is 11.8 Å². The van der Waals surface area contributed by atoms with Gasteiger partial charge in [0, 0.05) is 30.5 Å².